The highest BCUT2D eigenvalue weighted by Gasteiger charge is 2.20. The summed E-state index contributed by atoms with van der Waals surface area (Å²) < 4.78 is 5.39. The fourth-order valence-electron chi connectivity index (χ4n) is 9.91. The van der Waals surface area contributed by atoms with Crippen molar-refractivity contribution >= 4 is 117 Å². The van der Waals surface area contributed by atoms with E-state index in [2.05, 4.69) is 194 Å². The standard InChI is InChI=1S/C56H32S2/c1-3-15-36-33(12-1)14-11-23-42(36)54-43-19-7-9-21-45(43)55(46-22-10-8-20-44(46)54)47-28-27-37(39-17-5-6-18-40(39)47)35-24-26-41-48-31-49-53(32-52(48)58-51(41)30-35)57-50-29-25-34-13-2-4-16-38(34)56(49)50/h1-32H. The molecule has 268 valence electrons. The van der Waals surface area contributed by atoms with Crippen LogP contribution < -0.4 is 0 Å². The maximum Gasteiger partial charge on any atom is 0.0370 e. The van der Waals surface area contributed by atoms with Crippen LogP contribution in [0.4, 0.5) is 0 Å². The Hall–Kier alpha value is -6.84. The van der Waals surface area contributed by atoms with Gasteiger partial charge in [0.05, 0.1) is 0 Å². The van der Waals surface area contributed by atoms with Crippen molar-refractivity contribution in [2.75, 3.05) is 0 Å². The Kier molecular flexibility index (Phi) is 6.86. The average Bonchev–Trinajstić information content (AvgIpc) is 3.84. The highest BCUT2D eigenvalue weighted by atomic mass is 32.1. The van der Waals surface area contributed by atoms with E-state index < -0.39 is 0 Å². The van der Waals surface area contributed by atoms with E-state index in [0.717, 1.165) is 0 Å². The zero-order chi connectivity index (χ0) is 37.9. The monoisotopic (exact) mass is 768 g/mol. The molecule has 0 aliphatic heterocycles. The van der Waals surface area contributed by atoms with Crippen LogP contribution in [0.5, 0.6) is 0 Å². The lowest BCUT2D eigenvalue weighted by Crippen LogP contribution is -1.93. The van der Waals surface area contributed by atoms with Crippen molar-refractivity contribution in [3.63, 3.8) is 0 Å². The Labute approximate surface area is 342 Å². The van der Waals surface area contributed by atoms with Gasteiger partial charge in [0.25, 0.3) is 0 Å². The van der Waals surface area contributed by atoms with Crippen molar-refractivity contribution in [3.8, 4) is 33.4 Å². The summed E-state index contributed by atoms with van der Waals surface area (Å²) in [4.78, 5) is 0. The molecule has 0 amide bonds. The maximum atomic E-state index is 2.46. The van der Waals surface area contributed by atoms with Crippen LogP contribution in [-0.4, -0.2) is 0 Å². The fourth-order valence-corrected chi connectivity index (χ4v) is 12.3. The van der Waals surface area contributed by atoms with E-state index in [1.165, 1.54) is 128 Å². The van der Waals surface area contributed by atoms with Crippen molar-refractivity contribution in [2.45, 2.75) is 0 Å². The molecular formula is C56H32S2. The van der Waals surface area contributed by atoms with Gasteiger partial charge in [-0.25, -0.2) is 0 Å². The van der Waals surface area contributed by atoms with Crippen LogP contribution in [0.15, 0.2) is 194 Å². The third-order valence-corrected chi connectivity index (χ3v) is 14.7. The summed E-state index contributed by atoms with van der Waals surface area (Å²) in [6.45, 7) is 0. The molecule has 0 fully saturated rings. The molecule has 0 bridgehead atoms. The van der Waals surface area contributed by atoms with Gasteiger partial charge >= 0.3 is 0 Å². The molecule has 13 rings (SSSR count). The molecule has 0 N–H and O–H groups in total. The van der Waals surface area contributed by atoms with E-state index >= 15 is 0 Å². The number of hydrogen-bond donors (Lipinski definition) is 0. The Bertz CT molecular complexity index is 3800. The molecule has 2 heterocycles. The first-order valence-electron chi connectivity index (χ1n) is 19.9. The third kappa shape index (κ3) is 4.62. The number of rotatable bonds is 3. The van der Waals surface area contributed by atoms with Crippen LogP contribution in [0.2, 0.25) is 0 Å². The van der Waals surface area contributed by atoms with Gasteiger partial charge in [0.15, 0.2) is 0 Å². The molecule has 0 saturated heterocycles. The number of thiophene rings is 2. The van der Waals surface area contributed by atoms with E-state index in [0.29, 0.717) is 0 Å². The zero-order valence-electron chi connectivity index (χ0n) is 31.3. The van der Waals surface area contributed by atoms with Crippen LogP contribution >= 0.6 is 22.7 Å². The Balaban J connectivity index is 1.01. The van der Waals surface area contributed by atoms with Crippen LogP contribution in [0.25, 0.3) is 128 Å². The molecule has 2 heteroatoms. The lowest BCUT2D eigenvalue weighted by molar-refractivity contribution is 1.67. The maximum absolute atomic E-state index is 2.46. The summed E-state index contributed by atoms with van der Waals surface area (Å²) in [5.41, 5.74) is 7.64. The Morgan fingerprint density at radius 3 is 1.45 bits per heavy atom. The van der Waals surface area contributed by atoms with Crippen molar-refractivity contribution in [1.82, 2.24) is 0 Å². The predicted octanol–water partition coefficient (Wildman–Crippen LogP) is 17.2. The van der Waals surface area contributed by atoms with Gasteiger partial charge in [-0.2, -0.15) is 0 Å². The molecule has 13 aromatic rings. The minimum Gasteiger partial charge on any atom is -0.135 e. The molecule has 2 aromatic heterocycles. The number of benzene rings is 11. The second-order valence-electron chi connectivity index (χ2n) is 15.5. The molecule has 0 aliphatic rings. The third-order valence-electron chi connectivity index (χ3n) is 12.4. The van der Waals surface area contributed by atoms with Gasteiger partial charge in [-0.3, -0.25) is 0 Å². The molecule has 0 nitrogen and oxygen atoms in total. The summed E-state index contributed by atoms with van der Waals surface area (Å²) in [6, 6.07) is 72.6. The molecule has 0 aliphatic carbocycles. The second-order valence-corrected chi connectivity index (χ2v) is 17.7. The summed E-state index contributed by atoms with van der Waals surface area (Å²) in [6.07, 6.45) is 0. The Morgan fingerprint density at radius 1 is 0.241 bits per heavy atom. The van der Waals surface area contributed by atoms with Crippen LogP contribution in [0, 0.1) is 0 Å². The Morgan fingerprint density at radius 2 is 0.741 bits per heavy atom. The molecule has 0 unspecified atom stereocenters. The van der Waals surface area contributed by atoms with E-state index in [1.807, 2.05) is 22.7 Å². The van der Waals surface area contributed by atoms with Gasteiger partial charge < -0.3 is 0 Å². The molecule has 0 saturated carbocycles. The first-order valence-corrected chi connectivity index (χ1v) is 21.5. The van der Waals surface area contributed by atoms with Gasteiger partial charge in [0.2, 0.25) is 0 Å². The van der Waals surface area contributed by atoms with Crippen molar-refractivity contribution in [1.29, 1.82) is 0 Å². The molecule has 0 spiro atoms. The summed E-state index contributed by atoms with van der Waals surface area (Å²) in [5, 5.41) is 18.2. The van der Waals surface area contributed by atoms with Crippen molar-refractivity contribution < 1.29 is 0 Å². The van der Waals surface area contributed by atoms with Gasteiger partial charge in [0.1, 0.15) is 0 Å². The van der Waals surface area contributed by atoms with Gasteiger partial charge in [-0.15, -0.1) is 22.7 Å². The van der Waals surface area contributed by atoms with Crippen LogP contribution in [-0.2, 0) is 0 Å². The molecule has 11 aromatic carbocycles. The smallest absolute Gasteiger partial charge is 0.0370 e. The van der Waals surface area contributed by atoms with E-state index in [9.17, 15) is 0 Å². The molecule has 0 atom stereocenters. The highest BCUT2D eigenvalue weighted by molar-refractivity contribution is 7.28. The minimum atomic E-state index is 1.25. The molecule has 58 heavy (non-hydrogen) atoms. The quantitative estimate of drug-likeness (QED) is 0.157. The van der Waals surface area contributed by atoms with Gasteiger partial charge in [-0.05, 0) is 112 Å². The first kappa shape index (κ1) is 32.3. The first-order chi connectivity index (χ1) is 28.8. The van der Waals surface area contributed by atoms with Crippen LogP contribution in [0.3, 0.4) is 0 Å². The fraction of sp³-hybridized carbons (Fsp3) is 0. The largest absolute Gasteiger partial charge is 0.135 e. The average molecular weight is 769 g/mol. The van der Waals surface area contributed by atoms with Gasteiger partial charge in [0, 0.05) is 40.3 Å². The molecule has 0 radical (unpaired) electrons. The number of hydrogen-bond acceptors (Lipinski definition) is 2. The minimum absolute atomic E-state index is 1.25. The van der Waals surface area contributed by atoms with Crippen molar-refractivity contribution in [2.24, 2.45) is 0 Å². The lowest BCUT2D eigenvalue weighted by atomic mass is 9.83. The predicted molar refractivity (Wildman–Crippen MR) is 256 cm³/mol. The van der Waals surface area contributed by atoms with Crippen LogP contribution in [0.1, 0.15) is 0 Å². The summed E-state index contributed by atoms with van der Waals surface area (Å²) in [5.74, 6) is 0. The van der Waals surface area contributed by atoms with E-state index in [4.69, 9.17) is 0 Å². The topological polar surface area (TPSA) is 0 Å². The second kappa shape index (κ2) is 12.3. The lowest BCUT2D eigenvalue weighted by Gasteiger charge is -2.20. The number of fused-ring (bicyclic) bond motifs is 12. The zero-order valence-corrected chi connectivity index (χ0v) is 32.9. The molecular weight excluding hydrogens is 737 g/mol. The SMILES string of the molecule is c1ccc2c(-c3c4ccccc4c(-c4ccc(-c5ccc6c(c5)sc5cc7sc8ccc9ccccc9c8c7cc56)c5ccccc45)c4ccccc34)cccc2c1. The summed E-state index contributed by atoms with van der Waals surface area (Å²) in [7, 11) is 0. The normalized spacial score (nSPS) is 12.1. The summed E-state index contributed by atoms with van der Waals surface area (Å²) >= 11 is 3.82. The van der Waals surface area contributed by atoms with Gasteiger partial charge in [-0.1, -0.05) is 170 Å². The highest BCUT2D eigenvalue weighted by Crippen LogP contribution is 2.49. The van der Waals surface area contributed by atoms with E-state index in [1.54, 1.807) is 0 Å². The van der Waals surface area contributed by atoms with Crippen molar-refractivity contribution in [3.05, 3.63) is 194 Å². The van der Waals surface area contributed by atoms with E-state index in [-0.39, 0.29) is 0 Å².